The highest BCUT2D eigenvalue weighted by atomic mass is 35.5. The lowest BCUT2D eigenvalue weighted by Crippen LogP contribution is -2.31. The van der Waals surface area contributed by atoms with Gasteiger partial charge in [0.05, 0.1) is 0 Å². The molecule has 0 saturated carbocycles. The van der Waals surface area contributed by atoms with Crippen molar-refractivity contribution >= 4 is 17.5 Å². The van der Waals surface area contributed by atoms with Crippen LogP contribution in [0.5, 0.6) is 0 Å². The van der Waals surface area contributed by atoms with Crippen molar-refractivity contribution in [2.75, 3.05) is 18.0 Å². The zero-order valence-electron chi connectivity index (χ0n) is 10.8. The van der Waals surface area contributed by atoms with E-state index in [2.05, 4.69) is 25.0 Å². The molecule has 0 aliphatic carbocycles. The van der Waals surface area contributed by atoms with Gasteiger partial charge in [0.25, 0.3) is 0 Å². The van der Waals surface area contributed by atoms with Crippen molar-refractivity contribution in [2.45, 2.75) is 19.3 Å². The maximum absolute atomic E-state index is 6.02. The van der Waals surface area contributed by atoms with E-state index < -0.39 is 0 Å². The zero-order chi connectivity index (χ0) is 13.2. The van der Waals surface area contributed by atoms with Gasteiger partial charge in [0.15, 0.2) is 5.82 Å². The Kier molecular flexibility index (Phi) is 3.33. The Labute approximate surface area is 116 Å². The summed E-state index contributed by atoms with van der Waals surface area (Å²) in [6.07, 6.45) is 5.33. The molecule has 1 fully saturated rings. The summed E-state index contributed by atoms with van der Waals surface area (Å²) in [5.74, 6) is 1.23. The van der Waals surface area contributed by atoms with Gasteiger partial charge in [0.1, 0.15) is 5.69 Å². The lowest BCUT2D eigenvalue weighted by atomic mass is 10.1. The van der Waals surface area contributed by atoms with Gasteiger partial charge in [-0.2, -0.15) is 20.1 Å². The smallest absolute Gasteiger partial charge is 0.230 e. The minimum Gasteiger partial charge on any atom is -0.341 e. The third kappa shape index (κ3) is 2.53. The van der Waals surface area contributed by atoms with Crippen molar-refractivity contribution in [1.82, 2.24) is 24.7 Å². The third-order valence-electron chi connectivity index (χ3n) is 3.29. The van der Waals surface area contributed by atoms with Crippen LogP contribution < -0.4 is 4.90 Å². The molecule has 0 atom stereocenters. The first kappa shape index (κ1) is 12.3. The van der Waals surface area contributed by atoms with E-state index >= 15 is 0 Å². The van der Waals surface area contributed by atoms with Crippen molar-refractivity contribution in [1.29, 1.82) is 0 Å². The molecule has 3 heterocycles. The van der Waals surface area contributed by atoms with Crippen LogP contribution in [0, 0.1) is 0 Å². The zero-order valence-corrected chi connectivity index (χ0v) is 11.5. The molecule has 0 N–H and O–H groups in total. The Morgan fingerprint density at radius 2 is 1.89 bits per heavy atom. The molecule has 1 saturated heterocycles. The highest BCUT2D eigenvalue weighted by molar-refractivity contribution is 6.28. The number of anilines is 1. The maximum Gasteiger partial charge on any atom is 0.230 e. The van der Waals surface area contributed by atoms with Crippen LogP contribution in [0.4, 0.5) is 5.95 Å². The highest BCUT2D eigenvalue weighted by Gasteiger charge is 2.17. The van der Waals surface area contributed by atoms with Gasteiger partial charge < -0.3 is 4.90 Å². The largest absolute Gasteiger partial charge is 0.341 e. The molecule has 0 unspecified atom stereocenters. The number of piperidine rings is 1. The van der Waals surface area contributed by atoms with Crippen LogP contribution in [0.1, 0.15) is 19.3 Å². The molecule has 6 nitrogen and oxygen atoms in total. The average molecular weight is 279 g/mol. The maximum atomic E-state index is 6.02. The molecule has 2 aromatic heterocycles. The summed E-state index contributed by atoms with van der Waals surface area (Å²) in [5.41, 5.74) is 0.836. The number of hydrogen-bond acceptors (Lipinski definition) is 5. The second-order valence-electron chi connectivity index (χ2n) is 4.62. The first-order valence-electron chi connectivity index (χ1n) is 6.39. The summed E-state index contributed by atoms with van der Waals surface area (Å²) in [4.78, 5) is 15.1. The number of aromatic nitrogens is 5. The van der Waals surface area contributed by atoms with E-state index in [0.717, 1.165) is 18.8 Å². The Morgan fingerprint density at radius 3 is 2.58 bits per heavy atom. The molecule has 0 bridgehead atoms. The van der Waals surface area contributed by atoms with E-state index in [4.69, 9.17) is 11.6 Å². The van der Waals surface area contributed by atoms with E-state index in [1.165, 1.54) is 19.3 Å². The SMILES string of the molecule is Cn1nccc1-c1nc(Cl)nc(N2CCCCC2)n1. The summed E-state index contributed by atoms with van der Waals surface area (Å²) in [5, 5.41) is 4.35. The lowest BCUT2D eigenvalue weighted by Gasteiger charge is -2.26. The van der Waals surface area contributed by atoms with Crippen LogP contribution in [0.3, 0.4) is 0 Å². The third-order valence-corrected chi connectivity index (χ3v) is 3.45. The van der Waals surface area contributed by atoms with Crippen LogP contribution in [0.25, 0.3) is 11.5 Å². The highest BCUT2D eigenvalue weighted by Crippen LogP contribution is 2.21. The van der Waals surface area contributed by atoms with Crippen molar-refractivity contribution in [3.05, 3.63) is 17.5 Å². The van der Waals surface area contributed by atoms with Gasteiger partial charge in [-0.15, -0.1) is 0 Å². The number of rotatable bonds is 2. The molecule has 0 amide bonds. The summed E-state index contributed by atoms with van der Waals surface area (Å²) >= 11 is 6.02. The van der Waals surface area contributed by atoms with Crippen LogP contribution >= 0.6 is 11.6 Å². The van der Waals surface area contributed by atoms with E-state index in [1.54, 1.807) is 10.9 Å². The first-order chi connectivity index (χ1) is 9.24. The van der Waals surface area contributed by atoms with Crippen LogP contribution in [0.2, 0.25) is 5.28 Å². The molecule has 100 valence electrons. The van der Waals surface area contributed by atoms with E-state index in [0.29, 0.717) is 11.8 Å². The van der Waals surface area contributed by atoms with Crippen molar-refractivity contribution in [2.24, 2.45) is 7.05 Å². The van der Waals surface area contributed by atoms with E-state index in [1.807, 2.05) is 13.1 Å². The standard InChI is InChI=1S/C12H15ClN6/c1-18-9(5-6-14-18)10-15-11(13)17-12(16-10)19-7-3-2-4-8-19/h5-6H,2-4,7-8H2,1H3. The summed E-state index contributed by atoms with van der Waals surface area (Å²) in [6.45, 7) is 1.95. The normalized spacial score (nSPS) is 15.8. The molecule has 7 heteroatoms. The average Bonchev–Trinajstić information content (AvgIpc) is 2.85. The molecule has 0 radical (unpaired) electrons. The van der Waals surface area contributed by atoms with Gasteiger partial charge in [-0.3, -0.25) is 4.68 Å². The number of aryl methyl sites for hydroxylation is 1. The van der Waals surface area contributed by atoms with E-state index in [-0.39, 0.29) is 5.28 Å². The summed E-state index contributed by atoms with van der Waals surface area (Å²) < 4.78 is 1.73. The quantitative estimate of drug-likeness (QED) is 0.840. The van der Waals surface area contributed by atoms with Crippen LogP contribution in [-0.4, -0.2) is 37.8 Å². The van der Waals surface area contributed by atoms with Crippen LogP contribution in [0.15, 0.2) is 12.3 Å². The van der Waals surface area contributed by atoms with Gasteiger partial charge >= 0.3 is 0 Å². The molecular formula is C12H15ClN6. The van der Waals surface area contributed by atoms with Crippen molar-refractivity contribution < 1.29 is 0 Å². The summed E-state index contributed by atoms with van der Waals surface area (Å²) in [7, 11) is 1.85. The van der Waals surface area contributed by atoms with Gasteiger partial charge in [-0.1, -0.05) is 0 Å². The summed E-state index contributed by atoms with van der Waals surface area (Å²) in [6, 6.07) is 1.87. The first-order valence-corrected chi connectivity index (χ1v) is 6.77. The van der Waals surface area contributed by atoms with E-state index in [9.17, 15) is 0 Å². The minimum absolute atomic E-state index is 0.228. The van der Waals surface area contributed by atoms with Gasteiger partial charge in [-0.05, 0) is 36.9 Å². The second-order valence-corrected chi connectivity index (χ2v) is 4.95. The van der Waals surface area contributed by atoms with Crippen molar-refractivity contribution in [3.63, 3.8) is 0 Å². The molecule has 2 aromatic rings. The monoisotopic (exact) mass is 278 g/mol. The van der Waals surface area contributed by atoms with Gasteiger partial charge in [0.2, 0.25) is 11.2 Å². The predicted octanol–water partition coefficient (Wildman–Crippen LogP) is 1.92. The molecule has 19 heavy (non-hydrogen) atoms. The molecule has 1 aliphatic rings. The predicted molar refractivity (Wildman–Crippen MR) is 73.1 cm³/mol. The Morgan fingerprint density at radius 1 is 1.11 bits per heavy atom. The lowest BCUT2D eigenvalue weighted by molar-refractivity contribution is 0.567. The van der Waals surface area contributed by atoms with Gasteiger partial charge in [0, 0.05) is 26.3 Å². The minimum atomic E-state index is 0.228. The molecular weight excluding hydrogens is 264 g/mol. The molecule has 0 spiro atoms. The van der Waals surface area contributed by atoms with Crippen molar-refractivity contribution in [3.8, 4) is 11.5 Å². The Hall–Kier alpha value is -1.69. The molecule has 3 rings (SSSR count). The number of hydrogen-bond donors (Lipinski definition) is 0. The molecule has 1 aliphatic heterocycles. The number of halogens is 1. The fourth-order valence-corrected chi connectivity index (χ4v) is 2.44. The molecule has 0 aromatic carbocycles. The Bertz CT molecular complexity index is 575. The van der Waals surface area contributed by atoms with Crippen LogP contribution in [-0.2, 0) is 7.05 Å². The van der Waals surface area contributed by atoms with Gasteiger partial charge in [-0.25, -0.2) is 0 Å². The Balaban J connectivity index is 1.98. The fourth-order valence-electron chi connectivity index (χ4n) is 2.28. The second kappa shape index (κ2) is 5.13. The number of nitrogens with zero attached hydrogens (tertiary/aromatic N) is 6. The topological polar surface area (TPSA) is 59.7 Å². The fraction of sp³-hybridized carbons (Fsp3) is 0.500.